The number of benzene rings is 1. The van der Waals surface area contributed by atoms with Crippen LogP contribution >= 0.6 is 15.9 Å². The normalized spacial score (nSPS) is 19.1. The Hall–Kier alpha value is -1.92. The molecule has 0 radical (unpaired) electrons. The number of carboxylic acid groups (broad SMARTS) is 1. The summed E-state index contributed by atoms with van der Waals surface area (Å²) in [6, 6.07) is 10.9. The summed E-state index contributed by atoms with van der Waals surface area (Å²) >= 11 is 3.55. The monoisotopic (exact) mass is 418 g/mol. The molecule has 5 nitrogen and oxygen atoms in total. The van der Waals surface area contributed by atoms with E-state index in [0.717, 1.165) is 40.9 Å². The first-order chi connectivity index (χ1) is 12.6. The van der Waals surface area contributed by atoms with Gasteiger partial charge in [0.1, 0.15) is 11.8 Å². The molecule has 3 rings (SSSR count). The van der Waals surface area contributed by atoms with Gasteiger partial charge in [0.15, 0.2) is 0 Å². The average Bonchev–Trinajstić information content (AvgIpc) is 2.65. The van der Waals surface area contributed by atoms with Crippen molar-refractivity contribution in [2.45, 2.75) is 38.3 Å². The van der Waals surface area contributed by atoms with E-state index in [1.807, 2.05) is 43.3 Å². The number of rotatable bonds is 6. The predicted molar refractivity (Wildman–Crippen MR) is 103 cm³/mol. The maximum absolute atomic E-state index is 11.9. The molecule has 1 aliphatic heterocycles. The number of aromatic nitrogens is 1. The van der Waals surface area contributed by atoms with Crippen LogP contribution in [0.1, 0.15) is 43.5 Å². The molecule has 0 bridgehead atoms. The van der Waals surface area contributed by atoms with Crippen LogP contribution in [-0.4, -0.2) is 40.2 Å². The third-order valence-electron chi connectivity index (χ3n) is 4.70. The van der Waals surface area contributed by atoms with Gasteiger partial charge in [-0.25, -0.2) is 0 Å². The molecular formula is C20H23BrN2O3. The van der Waals surface area contributed by atoms with E-state index < -0.39 is 12.0 Å². The second kappa shape index (κ2) is 8.64. The van der Waals surface area contributed by atoms with Crippen molar-refractivity contribution in [1.29, 1.82) is 0 Å². The number of halogens is 1. The second-order valence-electron chi connectivity index (χ2n) is 6.36. The van der Waals surface area contributed by atoms with E-state index in [-0.39, 0.29) is 6.04 Å². The van der Waals surface area contributed by atoms with Crippen LogP contribution in [0.4, 0.5) is 0 Å². The maximum atomic E-state index is 11.9. The summed E-state index contributed by atoms with van der Waals surface area (Å²) < 4.78 is 6.79. The third-order valence-corrected chi connectivity index (χ3v) is 5.19. The van der Waals surface area contributed by atoms with Crippen LogP contribution in [0.3, 0.4) is 0 Å². The minimum atomic E-state index is -0.779. The number of nitrogens with zero attached hydrogens (tertiary/aromatic N) is 2. The van der Waals surface area contributed by atoms with Gasteiger partial charge in [-0.2, -0.15) is 0 Å². The summed E-state index contributed by atoms with van der Waals surface area (Å²) in [5.41, 5.74) is 1.77. The van der Waals surface area contributed by atoms with Crippen LogP contribution in [0.2, 0.25) is 0 Å². The Morgan fingerprint density at radius 1 is 1.38 bits per heavy atom. The Labute approximate surface area is 162 Å². The number of hydrogen-bond donors (Lipinski definition) is 1. The summed E-state index contributed by atoms with van der Waals surface area (Å²) in [5, 5.41) is 9.78. The Kier molecular flexibility index (Phi) is 6.27. The lowest BCUT2D eigenvalue weighted by molar-refractivity contribution is -0.145. The van der Waals surface area contributed by atoms with E-state index in [9.17, 15) is 9.90 Å². The first-order valence-electron chi connectivity index (χ1n) is 8.93. The van der Waals surface area contributed by atoms with E-state index in [1.165, 1.54) is 0 Å². The maximum Gasteiger partial charge on any atom is 0.320 e. The van der Waals surface area contributed by atoms with E-state index in [4.69, 9.17) is 4.74 Å². The summed E-state index contributed by atoms with van der Waals surface area (Å²) in [6.45, 7) is 3.21. The molecule has 0 amide bonds. The first-order valence-corrected chi connectivity index (χ1v) is 9.73. The zero-order valence-corrected chi connectivity index (χ0v) is 16.4. The van der Waals surface area contributed by atoms with E-state index >= 15 is 0 Å². The first kappa shape index (κ1) is 18.9. The Morgan fingerprint density at radius 3 is 2.92 bits per heavy atom. The third kappa shape index (κ3) is 4.07. The van der Waals surface area contributed by atoms with E-state index in [2.05, 4.69) is 25.8 Å². The highest BCUT2D eigenvalue weighted by atomic mass is 79.9. The van der Waals surface area contributed by atoms with Crippen LogP contribution in [0, 0.1) is 0 Å². The van der Waals surface area contributed by atoms with Gasteiger partial charge in [0.05, 0.1) is 18.3 Å². The number of ether oxygens (including phenoxy) is 1. The standard InChI is InChI=1S/C20H23BrN2O3/c1-2-26-18-10-9-14(21)13-15(18)19(16-7-3-5-11-22-16)23-12-6-4-8-17(23)20(24)25/h3,5,7,9-11,13,17,19H,2,4,6,8,12H2,1H3,(H,24,25). The molecule has 0 spiro atoms. The van der Waals surface area contributed by atoms with Gasteiger partial charge in [0, 0.05) is 16.2 Å². The number of aliphatic carboxylic acids is 1. The molecule has 26 heavy (non-hydrogen) atoms. The topological polar surface area (TPSA) is 62.7 Å². The van der Waals surface area contributed by atoms with E-state index in [1.54, 1.807) is 6.20 Å². The molecule has 138 valence electrons. The van der Waals surface area contributed by atoms with Crippen LogP contribution in [0.25, 0.3) is 0 Å². The summed E-state index contributed by atoms with van der Waals surface area (Å²) in [6.07, 6.45) is 4.31. The van der Waals surface area contributed by atoms with Crippen LogP contribution < -0.4 is 4.74 Å². The molecule has 1 saturated heterocycles. The Morgan fingerprint density at radius 2 is 2.23 bits per heavy atom. The number of carbonyl (C=O) groups is 1. The zero-order chi connectivity index (χ0) is 18.5. The summed E-state index contributed by atoms with van der Waals surface area (Å²) in [5.74, 6) is -0.0142. The van der Waals surface area contributed by atoms with Crippen molar-refractivity contribution >= 4 is 21.9 Å². The fourth-order valence-electron chi connectivity index (χ4n) is 3.59. The predicted octanol–water partition coefficient (Wildman–Crippen LogP) is 4.27. The van der Waals surface area contributed by atoms with Crippen LogP contribution in [0.5, 0.6) is 5.75 Å². The fraction of sp³-hybridized carbons (Fsp3) is 0.400. The van der Waals surface area contributed by atoms with Crippen LogP contribution in [-0.2, 0) is 4.79 Å². The molecule has 0 aliphatic carbocycles. The number of likely N-dealkylation sites (tertiary alicyclic amines) is 1. The highest BCUT2D eigenvalue weighted by Gasteiger charge is 2.37. The molecule has 2 heterocycles. The molecule has 1 aromatic heterocycles. The van der Waals surface area contributed by atoms with Gasteiger partial charge in [0.2, 0.25) is 0 Å². The Balaban J connectivity index is 2.13. The van der Waals surface area contributed by atoms with Crippen molar-refractivity contribution in [3.05, 3.63) is 58.3 Å². The highest BCUT2D eigenvalue weighted by Crippen LogP contribution is 2.39. The van der Waals surface area contributed by atoms with Gasteiger partial charge in [0.25, 0.3) is 0 Å². The van der Waals surface area contributed by atoms with Gasteiger partial charge >= 0.3 is 5.97 Å². The lowest BCUT2D eigenvalue weighted by Gasteiger charge is -2.39. The molecule has 1 N–H and O–H groups in total. The van der Waals surface area contributed by atoms with Crippen molar-refractivity contribution in [2.75, 3.05) is 13.2 Å². The summed E-state index contributed by atoms with van der Waals surface area (Å²) in [4.78, 5) is 18.5. The highest BCUT2D eigenvalue weighted by molar-refractivity contribution is 9.10. The van der Waals surface area contributed by atoms with Crippen molar-refractivity contribution in [1.82, 2.24) is 9.88 Å². The molecule has 1 aliphatic rings. The molecular weight excluding hydrogens is 396 g/mol. The average molecular weight is 419 g/mol. The smallest absolute Gasteiger partial charge is 0.320 e. The van der Waals surface area contributed by atoms with Crippen molar-refractivity contribution < 1.29 is 14.6 Å². The molecule has 1 fully saturated rings. The van der Waals surface area contributed by atoms with Gasteiger partial charge < -0.3 is 9.84 Å². The minimum Gasteiger partial charge on any atom is -0.494 e. The zero-order valence-electron chi connectivity index (χ0n) is 14.8. The number of piperidine rings is 1. The number of hydrogen-bond acceptors (Lipinski definition) is 4. The minimum absolute atomic E-state index is 0.267. The van der Waals surface area contributed by atoms with E-state index in [0.29, 0.717) is 13.0 Å². The lowest BCUT2D eigenvalue weighted by Crippen LogP contribution is -2.47. The molecule has 6 heteroatoms. The number of carboxylic acids is 1. The Bertz CT molecular complexity index is 754. The SMILES string of the molecule is CCOc1ccc(Br)cc1C(c1ccccn1)N1CCCCC1C(=O)O. The second-order valence-corrected chi connectivity index (χ2v) is 7.28. The van der Waals surface area contributed by atoms with Gasteiger partial charge in [-0.15, -0.1) is 0 Å². The molecule has 2 aromatic rings. The summed E-state index contributed by atoms with van der Waals surface area (Å²) in [7, 11) is 0. The van der Waals surface area contributed by atoms with Crippen molar-refractivity contribution in [2.24, 2.45) is 0 Å². The largest absolute Gasteiger partial charge is 0.494 e. The quantitative estimate of drug-likeness (QED) is 0.758. The lowest BCUT2D eigenvalue weighted by atomic mass is 9.93. The molecule has 2 atom stereocenters. The molecule has 0 saturated carbocycles. The van der Waals surface area contributed by atoms with Crippen LogP contribution in [0.15, 0.2) is 47.1 Å². The fourth-order valence-corrected chi connectivity index (χ4v) is 3.97. The van der Waals surface area contributed by atoms with Crippen molar-refractivity contribution in [3.8, 4) is 5.75 Å². The molecule has 1 aromatic carbocycles. The van der Waals surface area contributed by atoms with Gasteiger partial charge in [-0.05, 0) is 56.6 Å². The van der Waals surface area contributed by atoms with Gasteiger partial charge in [-0.3, -0.25) is 14.7 Å². The van der Waals surface area contributed by atoms with Gasteiger partial charge in [-0.1, -0.05) is 28.4 Å². The molecule has 2 unspecified atom stereocenters. The number of pyridine rings is 1. The van der Waals surface area contributed by atoms with Crippen molar-refractivity contribution in [3.63, 3.8) is 0 Å².